The van der Waals surface area contributed by atoms with Gasteiger partial charge in [-0.1, -0.05) is 13.8 Å². The highest BCUT2D eigenvalue weighted by molar-refractivity contribution is 7.09. The molecule has 1 unspecified atom stereocenters. The summed E-state index contributed by atoms with van der Waals surface area (Å²) in [6.07, 6.45) is -0.421. The third-order valence-corrected chi connectivity index (χ3v) is 2.78. The van der Waals surface area contributed by atoms with E-state index in [1.807, 2.05) is 26.3 Å². The van der Waals surface area contributed by atoms with E-state index in [2.05, 4.69) is 10.3 Å². The quantitative estimate of drug-likeness (QED) is 0.775. The SMILES string of the molecule is CNCc1csc(C(O)C(C)C)n1. The summed E-state index contributed by atoms with van der Waals surface area (Å²) in [5.74, 6) is 0.230. The zero-order valence-corrected chi connectivity index (χ0v) is 9.06. The average molecular weight is 200 g/mol. The van der Waals surface area contributed by atoms with Crippen molar-refractivity contribution < 1.29 is 5.11 Å². The van der Waals surface area contributed by atoms with Gasteiger partial charge in [-0.3, -0.25) is 0 Å². The van der Waals surface area contributed by atoms with Crippen molar-refractivity contribution in [1.82, 2.24) is 10.3 Å². The Morgan fingerprint density at radius 3 is 2.85 bits per heavy atom. The summed E-state index contributed by atoms with van der Waals surface area (Å²) in [7, 11) is 1.89. The second kappa shape index (κ2) is 4.69. The molecule has 1 atom stereocenters. The molecule has 0 amide bonds. The van der Waals surface area contributed by atoms with E-state index in [1.165, 1.54) is 11.3 Å². The lowest BCUT2D eigenvalue weighted by atomic mass is 10.1. The van der Waals surface area contributed by atoms with Gasteiger partial charge in [0.15, 0.2) is 0 Å². The Kier molecular flexibility index (Phi) is 3.84. The number of aliphatic hydroxyl groups excluding tert-OH is 1. The van der Waals surface area contributed by atoms with Gasteiger partial charge in [-0.2, -0.15) is 0 Å². The fraction of sp³-hybridized carbons (Fsp3) is 0.667. The number of thiazole rings is 1. The molecule has 0 saturated heterocycles. The van der Waals surface area contributed by atoms with Crippen molar-refractivity contribution in [2.45, 2.75) is 26.5 Å². The second-order valence-electron chi connectivity index (χ2n) is 3.40. The van der Waals surface area contributed by atoms with Crippen LogP contribution in [0.2, 0.25) is 0 Å². The van der Waals surface area contributed by atoms with E-state index < -0.39 is 6.10 Å². The Morgan fingerprint density at radius 1 is 1.62 bits per heavy atom. The van der Waals surface area contributed by atoms with E-state index in [-0.39, 0.29) is 5.92 Å². The maximum absolute atomic E-state index is 9.71. The van der Waals surface area contributed by atoms with Gasteiger partial charge >= 0.3 is 0 Å². The topological polar surface area (TPSA) is 45.1 Å². The number of nitrogens with zero attached hydrogens (tertiary/aromatic N) is 1. The Labute approximate surface area is 82.8 Å². The Morgan fingerprint density at radius 2 is 2.31 bits per heavy atom. The van der Waals surface area contributed by atoms with Crippen LogP contribution >= 0.6 is 11.3 Å². The lowest BCUT2D eigenvalue weighted by molar-refractivity contribution is 0.126. The maximum Gasteiger partial charge on any atom is 0.122 e. The normalized spacial score (nSPS) is 13.6. The Balaban J connectivity index is 2.67. The van der Waals surface area contributed by atoms with Gasteiger partial charge in [0.25, 0.3) is 0 Å². The number of nitrogens with one attached hydrogen (secondary N) is 1. The minimum Gasteiger partial charge on any atom is -0.386 e. The predicted octanol–water partition coefficient (Wildman–Crippen LogP) is 1.55. The standard InChI is InChI=1S/C9H16N2OS/c1-6(2)8(12)9-11-7(4-10-3)5-13-9/h5-6,8,10,12H,4H2,1-3H3. The summed E-state index contributed by atoms with van der Waals surface area (Å²) in [5, 5.41) is 15.5. The van der Waals surface area contributed by atoms with Gasteiger partial charge in [-0.25, -0.2) is 4.98 Å². The molecule has 0 spiro atoms. The zero-order chi connectivity index (χ0) is 9.84. The number of hydrogen-bond acceptors (Lipinski definition) is 4. The molecule has 0 aromatic carbocycles. The molecule has 0 bridgehead atoms. The summed E-state index contributed by atoms with van der Waals surface area (Å²) in [6, 6.07) is 0. The first kappa shape index (κ1) is 10.6. The lowest BCUT2D eigenvalue weighted by Gasteiger charge is -2.10. The summed E-state index contributed by atoms with van der Waals surface area (Å²) in [6.45, 7) is 4.74. The third kappa shape index (κ3) is 2.76. The summed E-state index contributed by atoms with van der Waals surface area (Å²) < 4.78 is 0. The van der Waals surface area contributed by atoms with Crippen molar-refractivity contribution in [3.8, 4) is 0 Å². The number of aromatic nitrogens is 1. The fourth-order valence-corrected chi connectivity index (χ4v) is 1.98. The molecule has 0 aliphatic rings. The number of rotatable bonds is 4. The average Bonchev–Trinajstić information content (AvgIpc) is 2.52. The van der Waals surface area contributed by atoms with Crippen LogP contribution in [0.3, 0.4) is 0 Å². The van der Waals surface area contributed by atoms with Gasteiger partial charge in [0.05, 0.1) is 5.69 Å². The highest BCUT2D eigenvalue weighted by Crippen LogP contribution is 2.24. The third-order valence-electron chi connectivity index (χ3n) is 1.81. The van der Waals surface area contributed by atoms with E-state index in [0.29, 0.717) is 0 Å². The predicted molar refractivity (Wildman–Crippen MR) is 54.7 cm³/mol. The van der Waals surface area contributed by atoms with Crippen LogP contribution in [0.4, 0.5) is 0 Å². The van der Waals surface area contributed by atoms with Crippen molar-refractivity contribution >= 4 is 11.3 Å². The molecule has 74 valence electrons. The van der Waals surface area contributed by atoms with Crippen LogP contribution in [0.15, 0.2) is 5.38 Å². The summed E-state index contributed by atoms with van der Waals surface area (Å²) in [5.41, 5.74) is 1.00. The van der Waals surface area contributed by atoms with E-state index in [9.17, 15) is 5.11 Å². The first-order valence-corrected chi connectivity index (χ1v) is 5.30. The van der Waals surface area contributed by atoms with Crippen LogP contribution in [0, 0.1) is 5.92 Å². The number of aliphatic hydroxyl groups is 1. The van der Waals surface area contributed by atoms with Gasteiger partial charge in [0.1, 0.15) is 11.1 Å². The van der Waals surface area contributed by atoms with Crippen LogP contribution in [0.5, 0.6) is 0 Å². The molecule has 0 saturated carbocycles. The molecule has 0 radical (unpaired) electrons. The molecule has 0 fully saturated rings. The van der Waals surface area contributed by atoms with E-state index in [1.54, 1.807) is 0 Å². The minimum atomic E-state index is -0.421. The first-order chi connectivity index (χ1) is 6.15. The molecule has 13 heavy (non-hydrogen) atoms. The van der Waals surface area contributed by atoms with Crippen LogP contribution in [0.1, 0.15) is 30.7 Å². The Hall–Kier alpha value is -0.450. The summed E-state index contributed by atoms with van der Waals surface area (Å²) in [4.78, 5) is 4.33. The molecule has 1 aromatic heterocycles. The van der Waals surface area contributed by atoms with Crippen molar-refractivity contribution in [3.63, 3.8) is 0 Å². The van der Waals surface area contributed by atoms with Gasteiger partial charge in [-0.15, -0.1) is 11.3 Å². The molecule has 1 aromatic rings. The highest BCUT2D eigenvalue weighted by atomic mass is 32.1. The van der Waals surface area contributed by atoms with Crippen molar-refractivity contribution in [1.29, 1.82) is 0 Å². The van der Waals surface area contributed by atoms with Gasteiger partial charge < -0.3 is 10.4 Å². The fourth-order valence-electron chi connectivity index (χ4n) is 1.01. The summed E-state index contributed by atoms with van der Waals surface area (Å²) >= 11 is 1.52. The van der Waals surface area contributed by atoms with E-state index >= 15 is 0 Å². The smallest absolute Gasteiger partial charge is 0.122 e. The van der Waals surface area contributed by atoms with E-state index in [4.69, 9.17) is 0 Å². The van der Waals surface area contributed by atoms with Crippen LogP contribution < -0.4 is 5.32 Å². The van der Waals surface area contributed by atoms with Crippen molar-refractivity contribution in [2.24, 2.45) is 5.92 Å². The molecular weight excluding hydrogens is 184 g/mol. The molecule has 1 heterocycles. The Bertz CT molecular complexity index is 260. The van der Waals surface area contributed by atoms with Crippen molar-refractivity contribution in [2.75, 3.05) is 7.05 Å². The molecule has 0 aliphatic heterocycles. The molecule has 3 nitrogen and oxygen atoms in total. The van der Waals surface area contributed by atoms with Crippen molar-refractivity contribution in [3.05, 3.63) is 16.1 Å². The van der Waals surface area contributed by atoms with Crippen LogP contribution in [-0.2, 0) is 6.54 Å². The molecule has 0 aliphatic carbocycles. The highest BCUT2D eigenvalue weighted by Gasteiger charge is 2.15. The minimum absolute atomic E-state index is 0.230. The lowest BCUT2D eigenvalue weighted by Crippen LogP contribution is -2.07. The van der Waals surface area contributed by atoms with Crippen LogP contribution in [-0.4, -0.2) is 17.1 Å². The molecular formula is C9H16N2OS. The molecule has 4 heteroatoms. The van der Waals surface area contributed by atoms with Gasteiger partial charge in [-0.05, 0) is 13.0 Å². The van der Waals surface area contributed by atoms with Gasteiger partial charge in [0.2, 0.25) is 0 Å². The largest absolute Gasteiger partial charge is 0.386 e. The van der Waals surface area contributed by atoms with Crippen LogP contribution in [0.25, 0.3) is 0 Å². The van der Waals surface area contributed by atoms with Gasteiger partial charge in [0, 0.05) is 11.9 Å². The molecule has 2 N–H and O–H groups in total. The zero-order valence-electron chi connectivity index (χ0n) is 8.24. The maximum atomic E-state index is 9.71. The second-order valence-corrected chi connectivity index (χ2v) is 4.29. The molecule has 1 rings (SSSR count). The monoisotopic (exact) mass is 200 g/mol. The first-order valence-electron chi connectivity index (χ1n) is 4.42. The number of hydrogen-bond donors (Lipinski definition) is 2. The van der Waals surface area contributed by atoms with E-state index in [0.717, 1.165) is 17.2 Å².